The van der Waals surface area contributed by atoms with E-state index in [1.54, 1.807) is 0 Å². The zero-order valence-electron chi connectivity index (χ0n) is 12.2. The minimum absolute atomic E-state index is 0.798. The van der Waals surface area contributed by atoms with Crippen molar-refractivity contribution < 1.29 is 0 Å². The second-order valence-corrected chi connectivity index (χ2v) is 5.25. The summed E-state index contributed by atoms with van der Waals surface area (Å²) < 4.78 is 0. The van der Waals surface area contributed by atoms with Gasteiger partial charge in [0.05, 0.1) is 0 Å². The first-order valence-corrected chi connectivity index (χ1v) is 7.31. The van der Waals surface area contributed by atoms with E-state index in [2.05, 4.69) is 67.6 Å². The highest BCUT2D eigenvalue weighted by Gasteiger charge is 2.00. The molecular formula is C20H19N. The molecule has 1 nitrogen and oxygen atoms in total. The number of anilines is 1. The molecule has 3 rings (SSSR count). The van der Waals surface area contributed by atoms with E-state index in [-0.39, 0.29) is 0 Å². The summed E-state index contributed by atoms with van der Waals surface area (Å²) in [6.07, 6.45) is 1.08. The second-order valence-electron chi connectivity index (χ2n) is 5.25. The Hall–Kier alpha value is -2.54. The standard InChI is InChI=1S/C20H19N/c1-2-15-3-5-16(6-4-15)17-7-9-18(10-8-17)19-11-13-20(21)14-12-19/h3-14H,2,21H2,1H3. The summed E-state index contributed by atoms with van der Waals surface area (Å²) in [7, 11) is 0. The first kappa shape index (κ1) is 13.4. The molecule has 0 saturated carbocycles. The van der Waals surface area contributed by atoms with Crippen LogP contribution in [-0.4, -0.2) is 0 Å². The van der Waals surface area contributed by atoms with Crippen molar-refractivity contribution in [2.75, 3.05) is 5.73 Å². The highest BCUT2D eigenvalue weighted by molar-refractivity contribution is 5.71. The molecule has 0 radical (unpaired) electrons. The van der Waals surface area contributed by atoms with Crippen molar-refractivity contribution in [3.05, 3.63) is 78.4 Å². The van der Waals surface area contributed by atoms with E-state index in [1.807, 2.05) is 12.1 Å². The van der Waals surface area contributed by atoms with Crippen molar-refractivity contribution >= 4 is 5.69 Å². The molecule has 3 aromatic carbocycles. The lowest BCUT2D eigenvalue weighted by atomic mass is 9.99. The number of hydrogen-bond acceptors (Lipinski definition) is 1. The quantitative estimate of drug-likeness (QED) is 0.655. The normalized spacial score (nSPS) is 10.5. The van der Waals surface area contributed by atoms with Gasteiger partial charge in [-0.1, -0.05) is 67.6 Å². The summed E-state index contributed by atoms with van der Waals surface area (Å²) in [5, 5.41) is 0. The molecule has 21 heavy (non-hydrogen) atoms. The Bertz CT molecular complexity index is 707. The van der Waals surface area contributed by atoms with Crippen LogP contribution in [0.2, 0.25) is 0 Å². The molecule has 0 amide bonds. The lowest BCUT2D eigenvalue weighted by Crippen LogP contribution is -1.85. The van der Waals surface area contributed by atoms with Crippen LogP contribution in [0.5, 0.6) is 0 Å². The fourth-order valence-electron chi connectivity index (χ4n) is 2.46. The summed E-state index contributed by atoms with van der Waals surface area (Å²) in [4.78, 5) is 0. The van der Waals surface area contributed by atoms with Gasteiger partial charge < -0.3 is 5.73 Å². The van der Waals surface area contributed by atoms with Crippen molar-refractivity contribution in [3.63, 3.8) is 0 Å². The number of aryl methyl sites for hydroxylation is 1. The highest BCUT2D eigenvalue weighted by atomic mass is 14.5. The molecule has 2 N–H and O–H groups in total. The van der Waals surface area contributed by atoms with Gasteiger partial charge in [-0.3, -0.25) is 0 Å². The zero-order valence-corrected chi connectivity index (χ0v) is 12.2. The van der Waals surface area contributed by atoms with Crippen LogP contribution in [0.3, 0.4) is 0 Å². The zero-order chi connectivity index (χ0) is 14.7. The van der Waals surface area contributed by atoms with Crippen molar-refractivity contribution in [1.82, 2.24) is 0 Å². The number of benzene rings is 3. The lowest BCUT2D eigenvalue weighted by molar-refractivity contribution is 1.14. The molecule has 0 aliphatic heterocycles. The fraction of sp³-hybridized carbons (Fsp3) is 0.100. The van der Waals surface area contributed by atoms with E-state index in [0.29, 0.717) is 0 Å². The highest BCUT2D eigenvalue weighted by Crippen LogP contribution is 2.25. The molecule has 0 aliphatic carbocycles. The van der Waals surface area contributed by atoms with Gasteiger partial charge in [-0.25, -0.2) is 0 Å². The summed E-state index contributed by atoms with van der Waals surface area (Å²) in [6.45, 7) is 2.18. The van der Waals surface area contributed by atoms with Gasteiger partial charge in [-0.15, -0.1) is 0 Å². The van der Waals surface area contributed by atoms with Gasteiger partial charge in [-0.2, -0.15) is 0 Å². The summed E-state index contributed by atoms with van der Waals surface area (Å²) in [6, 6.07) is 25.4. The molecule has 0 fully saturated rings. The fourth-order valence-corrected chi connectivity index (χ4v) is 2.46. The van der Waals surface area contributed by atoms with Gasteiger partial charge in [0.15, 0.2) is 0 Å². The molecule has 104 valence electrons. The van der Waals surface area contributed by atoms with Crippen LogP contribution in [0.15, 0.2) is 72.8 Å². The maximum Gasteiger partial charge on any atom is 0.0314 e. The average Bonchev–Trinajstić information content (AvgIpc) is 2.56. The maximum absolute atomic E-state index is 5.73. The van der Waals surface area contributed by atoms with Crippen LogP contribution < -0.4 is 5.73 Å². The number of nitrogens with two attached hydrogens (primary N) is 1. The largest absolute Gasteiger partial charge is 0.399 e. The van der Waals surface area contributed by atoms with Gasteiger partial charge in [0.1, 0.15) is 0 Å². The third-order valence-electron chi connectivity index (χ3n) is 3.82. The molecule has 0 atom stereocenters. The Morgan fingerprint density at radius 3 is 1.29 bits per heavy atom. The van der Waals surface area contributed by atoms with Gasteiger partial charge in [0, 0.05) is 5.69 Å². The van der Waals surface area contributed by atoms with E-state index < -0.39 is 0 Å². The molecule has 0 unspecified atom stereocenters. The van der Waals surface area contributed by atoms with Crippen molar-refractivity contribution in [1.29, 1.82) is 0 Å². The van der Waals surface area contributed by atoms with Gasteiger partial charge in [-0.05, 0) is 46.4 Å². The molecule has 0 aliphatic rings. The summed E-state index contributed by atoms with van der Waals surface area (Å²) >= 11 is 0. The predicted octanol–water partition coefficient (Wildman–Crippen LogP) is 5.17. The predicted molar refractivity (Wildman–Crippen MR) is 91.1 cm³/mol. The maximum atomic E-state index is 5.73. The number of rotatable bonds is 3. The molecular weight excluding hydrogens is 254 g/mol. The van der Waals surface area contributed by atoms with E-state index in [0.717, 1.165) is 12.1 Å². The third-order valence-corrected chi connectivity index (χ3v) is 3.82. The Labute approximate surface area is 126 Å². The average molecular weight is 273 g/mol. The molecule has 0 bridgehead atoms. The lowest BCUT2D eigenvalue weighted by Gasteiger charge is -2.06. The van der Waals surface area contributed by atoms with Gasteiger partial charge in [0.2, 0.25) is 0 Å². The Morgan fingerprint density at radius 2 is 0.905 bits per heavy atom. The molecule has 0 spiro atoms. The summed E-state index contributed by atoms with van der Waals surface area (Å²) in [5.74, 6) is 0. The minimum Gasteiger partial charge on any atom is -0.399 e. The molecule has 3 aromatic rings. The van der Waals surface area contributed by atoms with Crippen molar-refractivity contribution in [2.24, 2.45) is 0 Å². The van der Waals surface area contributed by atoms with Crippen molar-refractivity contribution in [2.45, 2.75) is 13.3 Å². The Balaban J connectivity index is 1.87. The van der Waals surface area contributed by atoms with E-state index in [1.165, 1.54) is 27.8 Å². The van der Waals surface area contributed by atoms with Crippen LogP contribution in [0.4, 0.5) is 5.69 Å². The van der Waals surface area contributed by atoms with E-state index in [4.69, 9.17) is 5.73 Å². The smallest absolute Gasteiger partial charge is 0.0314 e. The van der Waals surface area contributed by atoms with Gasteiger partial charge in [0.25, 0.3) is 0 Å². The first-order chi connectivity index (χ1) is 10.3. The second kappa shape index (κ2) is 5.84. The minimum atomic E-state index is 0.798. The number of hydrogen-bond donors (Lipinski definition) is 1. The van der Waals surface area contributed by atoms with Crippen LogP contribution >= 0.6 is 0 Å². The van der Waals surface area contributed by atoms with Gasteiger partial charge >= 0.3 is 0 Å². The SMILES string of the molecule is CCc1ccc(-c2ccc(-c3ccc(N)cc3)cc2)cc1. The Kier molecular flexibility index (Phi) is 3.74. The summed E-state index contributed by atoms with van der Waals surface area (Å²) in [5.41, 5.74) is 12.8. The molecule has 0 saturated heterocycles. The van der Waals surface area contributed by atoms with E-state index in [9.17, 15) is 0 Å². The molecule has 1 heteroatoms. The number of nitrogen functional groups attached to an aromatic ring is 1. The first-order valence-electron chi connectivity index (χ1n) is 7.31. The van der Waals surface area contributed by atoms with Crippen LogP contribution in [0, 0.1) is 0 Å². The molecule has 0 aromatic heterocycles. The van der Waals surface area contributed by atoms with Crippen LogP contribution in [0.25, 0.3) is 22.3 Å². The third kappa shape index (κ3) is 2.97. The monoisotopic (exact) mass is 273 g/mol. The van der Waals surface area contributed by atoms with Crippen molar-refractivity contribution in [3.8, 4) is 22.3 Å². The molecule has 0 heterocycles. The van der Waals surface area contributed by atoms with Crippen LogP contribution in [0.1, 0.15) is 12.5 Å². The van der Waals surface area contributed by atoms with Crippen LogP contribution in [-0.2, 0) is 6.42 Å². The van der Waals surface area contributed by atoms with E-state index >= 15 is 0 Å². The Morgan fingerprint density at radius 1 is 0.571 bits per heavy atom. The topological polar surface area (TPSA) is 26.0 Å².